The molecule has 0 saturated heterocycles. The van der Waals surface area contributed by atoms with E-state index in [0.29, 0.717) is 24.2 Å². The number of carbonyl (C=O) groups excluding carboxylic acids is 2. The molecule has 4 heteroatoms. The van der Waals surface area contributed by atoms with Crippen molar-refractivity contribution in [3.63, 3.8) is 0 Å². The van der Waals surface area contributed by atoms with Gasteiger partial charge in [-0.25, -0.2) is 4.79 Å². The third-order valence-electron chi connectivity index (χ3n) is 4.71. The quantitative estimate of drug-likeness (QED) is 0.579. The molecular formula is C22H22O4. The van der Waals surface area contributed by atoms with Gasteiger partial charge in [0.15, 0.2) is 5.78 Å². The monoisotopic (exact) mass is 350 g/mol. The molecule has 2 aromatic carbocycles. The fourth-order valence-corrected chi connectivity index (χ4v) is 3.46. The molecule has 0 radical (unpaired) electrons. The molecular weight excluding hydrogens is 328 g/mol. The molecule has 2 atom stereocenters. The van der Waals surface area contributed by atoms with Crippen molar-refractivity contribution < 1.29 is 19.1 Å². The molecule has 26 heavy (non-hydrogen) atoms. The number of hydrogen-bond acceptors (Lipinski definition) is 4. The summed E-state index contributed by atoms with van der Waals surface area (Å²) in [6, 6.07) is 16.7. The minimum atomic E-state index is -0.350. The van der Waals surface area contributed by atoms with E-state index in [1.165, 1.54) is 0 Å². The van der Waals surface area contributed by atoms with Crippen LogP contribution in [0, 0.1) is 5.92 Å². The van der Waals surface area contributed by atoms with Crippen LogP contribution < -0.4 is 4.74 Å². The van der Waals surface area contributed by atoms with E-state index in [1.54, 1.807) is 14.0 Å². The van der Waals surface area contributed by atoms with E-state index in [9.17, 15) is 9.59 Å². The van der Waals surface area contributed by atoms with Crippen LogP contribution in [0.4, 0.5) is 0 Å². The van der Waals surface area contributed by atoms with Gasteiger partial charge in [0.2, 0.25) is 0 Å². The van der Waals surface area contributed by atoms with E-state index in [-0.39, 0.29) is 23.6 Å². The second kappa shape index (κ2) is 8.00. The maximum absolute atomic E-state index is 13.1. The molecule has 0 bridgehead atoms. The lowest BCUT2D eigenvalue weighted by Crippen LogP contribution is -2.23. The predicted octanol–water partition coefficient (Wildman–Crippen LogP) is 4.17. The average Bonchev–Trinajstić information content (AvgIpc) is 3.13. The third-order valence-corrected chi connectivity index (χ3v) is 4.71. The highest BCUT2D eigenvalue weighted by Crippen LogP contribution is 2.42. The van der Waals surface area contributed by atoms with Crippen LogP contribution in [0.2, 0.25) is 0 Å². The zero-order valence-electron chi connectivity index (χ0n) is 15.0. The van der Waals surface area contributed by atoms with Crippen molar-refractivity contribution in [1.82, 2.24) is 0 Å². The molecule has 1 aliphatic carbocycles. The topological polar surface area (TPSA) is 52.6 Å². The normalized spacial score (nSPS) is 18.9. The van der Waals surface area contributed by atoms with Gasteiger partial charge < -0.3 is 9.47 Å². The van der Waals surface area contributed by atoms with Gasteiger partial charge in [-0.05, 0) is 31.0 Å². The molecule has 134 valence electrons. The molecule has 0 amide bonds. The Hall–Kier alpha value is -2.88. The Kier molecular flexibility index (Phi) is 5.52. The van der Waals surface area contributed by atoms with Crippen molar-refractivity contribution in [3.8, 4) is 5.75 Å². The largest absolute Gasteiger partial charge is 0.497 e. The number of ether oxygens (including phenoxy) is 2. The highest BCUT2D eigenvalue weighted by Gasteiger charge is 2.39. The van der Waals surface area contributed by atoms with Crippen LogP contribution in [-0.4, -0.2) is 25.5 Å². The minimum absolute atomic E-state index is 0.0435. The summed E-state index contributed by atoms with van der Waals surface area (Å²) in [5.74, 6) is -0.198. The Bertz CT molecular complexity index is 806. The number of allylic oxidation sites excluding steroid dienone is 1. The fraction of sp³-hybridized carbons (Fsp3) is 0.273. The molecule has 2 aromatic rings. The molecule has 2 unspecified atom stereocenters. The van der Waals surface area contributed by atoms with Crippen LogP contribution >= 0.6 is 0 Å². The number of benzene rings is 2. The molecule has 0 heterocycles. The summed E-state index contributed by atoms with van der Waals surface area (Å²) >= 11 is 0. The van der Waals surface area contributed by atoms with Gasteiger partial charge in [-0.2, -0.15) is 0 Å². The molecule has 0 aromatic heterocycles. The summed E-state index contributed by atoms with van der Waals surface area (Å²) in [5, 5.41) is 0. The summed E-state index contributed by atoms with van der Waals surface area (Å²) in [6.07, 6.45) is 2.37. The van der Waals surface area contributed by atoms with Crippen LogP contribution in [-0.2, 0) is 9.53 Å². The van der Waals surface area contributed by atoms with Gasteiger partial charge in [-0.1, -0.05) is 48.5 Å². The fourth-order valence-electron chi connectivity index (χ4n) is 3.46. The number of carbonyl (C=O) groups is 2. The molecule has 1 aliphatic rings. The first kappa shape index (κ1) is 17.9. The van der Waals surface area contributed by atoms with Crippen molar-refractivity contribution >= 4 is 11.8 Å². The first-order valence-corrected chi connectivity index (χ1v) is 8.76. The second-order valence-electron chi connectivity index (χ2n) is 6.20. The van der Waals surface area contributed by atoms with Crippen LogP contribution in [0.3, 0.4) is 0 Å². The number of ketones is 1. The maximum atomic E-state index is 13.1. The van der Waals surface area contributed by atoms with E-state index in [4.69, 9.17) is 9.47 Å². The van der Waals surface area contributed by atoms with Crippen molar-refractivity contribution in [2.24, 2.45) is 5.92 Å². The summed E-state index contributed by atoms with van der Waals surface area (Å²) in [6.45, 7) is 2.09. The molecule has 0 aliphatic heterocycles. The van der Waals surface area contributed by atoms with Crippen molar-refractivity contribution in [1.29, 1.82) is 0 Å². The Morgan fingerprint density at radius 2 is 1.73 bits per heavy atom. The average molecular weight is 350 g/mol. The van der Waals surface area contributed by atoms with Crippen molar-refractivity contribution in [2.75, 3.05) is 13.7 Å². The lowest BCUT2D eigenvalue weighted by atomic mass is 9.80. The summed E-state index contributed by atoms with van der Waals surface area (Å²) < 4.78 is 10.4. The Morgan fingerprint density at radius 1 is 1.04 bits per heavy atom. The molecule has 0 spiro atoms. The van der Waals surface area contributed by atoms with Crippen molar-refractivity contribution in [2.45, 2.75) is 19.3 Å². The van der Waals surface area contributed by atoms with Gasteiger partial charge in [0.05, 0.1) is 13.7 Å². The summed E-state index contributed by atoms with van der Waals surface area (Å²) in [4.78, 5) is 25.5. The van der Waals surface area contributed by atoms with Gasteiger partial charge >= 0.3 is 5.97 Å². The van der Waals surface area contributed by atoms with Gasteiger partial charge in [0.1, 0.15) is 5.75 Å². The van der Waals surface area contributed by atoms with E-state index in [2.05, 4.69) is 0 Å². The summed E-state index contributed by atoms with van der Waals surface area (Å²) in [5.41, 5.74) is 2.14. The van der Waals surface area contributed by atoms with E-state index in [1.807, 2.05) is 60.7 Å². The Balaban J connectivity index is 1.96. The standard InChI is InChI=1S/C22H22O4/c1-3-26-22(24)19-14-13-18(21(23)16-7-5-4-6-8-16)20(19)15-9-11-17(25-2)12-10-15/h4-12,14,18,20H,3,13H2,1-2H3. The first-order chi connectivity index (χ1) is 12.7. The highest BCUT2D eigenvalue weighted by molar-refractivity contribution is 6.01. The van der Waals surface area contributed by atoms with Gasteiger partial charge in [-0.3, -0.25) is 4.79 Å². The number of esters is 1. The molecule has 0 N–H and O–H groups in total. The number of Topliss-reactive ketones (excluding diaryl/α,β-unsaturated/α-hetero) is 1. The van der Waals surface area contributed by atoms with Gasteiger partial charge in [0, 0.05) is 23.0 Å². The SMILES string of the molecule is CCOC(=O)C1=CCC(C(=O)c2ccccc2)C1c1ccc(OC)cc1. The maximum Gasteiger partial charge on any atom is 0.334 e. The Labute approximate surface area is 153 Å². The van der Waals surface area contributed by atoms with Crippen LogP contribution in [0.25, 0.3) is 0 Å². The van der Waals surface area contributed by atoms with Crippen LogP contribution in [0.1, 0.15) is 35.2 Å². The zero-order valence-corrected chi connectivity index (χ0v) is 15.0. The van der Waals surface area contributed by atoms with E-state index >= 15 is 0 Å². The van der Waals surface area contributed by atoms with Gasteiger partial charge in [-0.15, -0.1) is 0 Å². The van der Waals surface area contributed by atoms with Crippen LogP contribution in [0.5, 0.6) is 5.75 Å². The Morgan fingerprint density at radius 3 is 2.35 bits per heavy atom. The third kappa shape index (κ3) is 3.54. The zero-order chi connectivity index (χ0) is 18.5. The lowest BCUT2D eigenvalue weighted by Gasteiger charge is -2.22. The van der Waals surface area contributed by atoms with E-state index in [0.717, 1.165) is 11.3 Å². The molecule has 4 nitrogen and oxygen atoms in total. The van der Waals surface area contributed by atoms with Crippen molar-refractivity contribution in [3.05, 3.63) is 77.4 Å². The second-order valence-corrected chi connectivity index (χ2v) is 6.20. The summed E-state index contributed by atoms with van der Waals surface area (Å²) in [7, 11) is 1.61. The number of methoxy groups -OCH3 is 1. The van der Waals surface area contributed by atoms with Crippen LogP contribution in [0.15, 0.2) is 66.2 Å². The highest BCUT2D eigenvalue weighted by atomic mass is 16.5. The lowest BCUT2D eigenvalue weighted by molar-refractivity contribution is -0.138. The number of rotatable bonds is 6. The van der Waals surface area contributed by atoms with Gasteiger partial charge in [0.25, 0.3) is 0 Å². The van der Waals surface area contributed by atoms with E-state index < -0.39 is 0 Å². The molecule has 3 rings (SSSR count). The first-order valence-electron chi connectivity index (χ1n) is 8.76. The predicted molar refractivity (Wildman–Crippen MR) is 99.3 cm³/mol. The number of hydrogen-bond donors (Lipinski definition) is 0. The minimum Gasteiger partial charge on any atom is -0.497 e. The molecule has 0 saturated carbocycles. The smallest absolute Gasteiger partial charge is 0.334 e. The molecule has 0 fully saturated rings.